The number of anilines is 2. The van der Waals surface area contributed by atoms with Crippen LogP contribution >= 0.6 is 0 Å². The third-order valence-corrected chi connectivity index (χ3v) is 5.13. The molecular formula is C21H26N4O2. The summed E-state index contributed by atoms with van der Waals surface area (Å²) in [5.74, 6) is -0.529. The monoisotopic (exact) mass is 366 g/mol. The molecule has 1 atom stereocenters. The van der Waals surface area contributed by atoms with Crippen molar-refractivity contribution in [2.75, 3.05) is 36.4 Å². The fraction of sp³-hybridized carbons (Fsp3) is 0.333. The van der Waals surface area contributed by atoms with Gasteiger partial charge in [-0.15, -0.1) is 0 Å². The molecule has 2 aromatic carbocycles. The minimum absolute atomic E-state index is 0.0498. The van der Waals surface area contributed by atoms with E-state index >= 15 is 0 Å². The SMILES string of the molecule is Cc1ccccc1N1CCN([C@@H](C)C(=O)Nc2ccc(C(N)=O)cc2)CC1. The van der Waals surface area contributed by atoms with Crippen LogP contribution in [0.1, 0.15) is 22.8 Å². The molecule has 0 spiro atoms. The van der Waals surface area contributed by atoms with Crippen molar-refractivity contribution in [1.29, 1.82) is 0 Å². The number of hydrogen-bond acceptors (Lipinski definition) is 4. The van der Waals surface area contributed by atoms with Gasteiger partial charge in [-0.05, 0) is 49.7 Å². The summed E-state index contributed by atoms with van der Waals surface area (Å²) in [6.07, 6.45) is 0. The Kier molecular flexibility index (Phi) is 5.76. The topological polar surface area (TPSA) is 78.7 Å². The predicted molar refractivity (Wildman–Crippen MR) is 108 cm³/mol. The summed E-state index contributed by atoms with van der Waals surface area (Å²) in [6.45, 7) is 7.52. The number of nitrogens with zero attached hydrogens (tertiary/aromatic N) is 2. The van der Waals surface area contributed by atoms with Crippen LogP contribution < -0.4 is 16.0 Å². The minimum Gasteiger partial charge on any atom is -0.369 e. The zero-order valence-corrected chi connectivity index (χ0v) is 15.8. The standard InChI is InChI=1S/C21H26N4O2/c1-15-5-3-4-6-19(15)25-13-11-24(12-14-25)16(2)21(27)23-18-9-7-17(8-10-18)20(22)26/h3-10,16H,11-14H2,1-2H3,(H2,22,26)(H,23,27)/t16-/m0/s1. The molecule has 0 aliphatic carbocycles. The van der Waals surface area contributed by atoms with Gasteiger partial charge in [-0.3, -0.25) is 14.5 Å². The van der Waals surface area contributed by atoms with Gasteiger partial charge < -0.3 is 16.0 Å². The van der Waals surface area contributed by atoms with Crippen molar-refractivity contribution in [1.82, 2.24) is 4.90 Å². The molecule has 0 saturated carbocycles. The molecule has 1 fully saturated rings. The number of primary amides is 1. The van der Waals surface area contributed by atoms with Crippen LogP contribution in [0.25, 0.3) is 0 Å². The fourth-order valence-corrected chi connectivity index (χ4v) is 3.40. The summed E-state index contributed by atoms with van der Waals surface area (Å²) < 4.78 is 0. The lowest BCUT2D eigenvalue weighted by atomic mass is 10.1. The smallest absolute Gasteiger partial charge is 0.248 e. The second-order valence-corrected chi connectivity index (χ2v) is 6.92. The van der Waals surface area contributed by atoms with E-state index in [2.05, 4.69) is 46.3 Å². The number of amides is 2. The highest BCUT2D eigenvalue weighted by atomic mass is 16.2. The first-order valence-corrected chi connectivity index (χ1v) is 9.21. The number of hydrogen-bond donors (Lipinski definition) is 2. The second-order valence-electron chi connectivity index (χ2n) is 6.92. The molecular weight excluding hydrogens is 340 g/mol. The average molecular weight is 366 g/mol. The number of carbonyl (C=O) groups excluding carboxylic acids is 2. The number of rotatable bonds is 5. The van der Waals surface area contributed by atoms with E-state index in [1.807, 2.05) is 6.92 Å². The Morgan fingerprint density at radius 1 is 1.00 bits per heavy atom. The van der Waals surface area contributed by atoms with Crippen molar-refractivity contribution in [3.05, 3.63) is 59.7 Å². The fourth-order valence-electron chi connectivity index (χ4n) is 3.40. The molecule has 142 valence electrons. The lowest BCUT2D eigenvalue weighted by molar-refractivity contribution is -0.120. The quantitative estimate of drug-likeness (QED) is 0.851. The van der Waals surface area contributed by atoms with E-state index in [-0.39, 0.29) is 11.9 Å². The summed E-state index contributed by atoms with van der Waals surface area (Å²) >= 11 is 0. The van der Waals surface area contributed by atoms with E-state index in [0.29, 0.717) is 11.3 Å². The van der Waals surface area contributed by atoms with E-state index in [0.717, 1.165) is 26.2 Å². The number of nitrogens with two attached hydrogens (primary N) is 1. The normalized spacial score (nSPS) is 16.0. The number of aryl methyl sites for hydroxylation is 1. The molecule has 3 N–H and O–H groups in total. The molecule has 0 radical (unpaired) electrons. The van der Waals surface area contributed by atoms with Gasteiger partial charge in [0.25, 0.3) is 0 Å². The van der Waals surface area contributed by atoms with Gasteiger partial charge in [-0.1, -0.05) is 18.2 Å². The van der Waals surface area contributed by atoms with Crippen molar-refractivity contribution in [2.45, 2.75) is 19.9 Å². The highest BCUT2D eigenvalue weighted by molar-refractivity contribution is 5.96. The summed E-state index contributed by atoms with van der Waals surface area (Å²) in [6, 6.07) is 14.8. The van der Waals surface area contributed by atoms with Crippen LogP contribution in [0, 0.1) is 6.92 Å². The number of benzene rings is 2. The zero-order valence-electron chi connectivity index (χ0n) is 15.8. The zero-order chi connectivity index (χ0) is 19.4. The Balaban J connectivity index is 1.55. The van der Waals surface area contributed by atoms with Crippen LogP contribution in [0.15, 0.2) is 48.5 Å². The Bertz CT molecular complexity index is 811. The van der Waals surface area contributed by atoms with Gasteiger partial charge in [0, 0.05) is 43.1 Å². The Hall–Kier alpha value is -2.86. The Morgan fingerprint density at radius 2 is 1.63 bits per heavy atom. The predicted octanol–water partition coefficient (Wildman–Crippen LogP) is 2.24. The van der Waals surface area contributed by atoms with Gasteiger partial charge in [0.2, 0.25) is 11.8 Å². The van der Waals surface area contributed by atoms with E-state index < -0.39 is 5.91 Å². The van der Waals surface area contributed by atoms with Crippen LogP contribution in [0.5, 0.6) is 0 Å². The largest absolute Gasteiger partial charge is 0.369 e. The molecule has 0 aromatic heterocycles. The van der Waals surface area contributed by atoms with E-state index in [4.69, 9.17) is 5.73 Å². The van der Waals surface area contributed by atoms with Crippen molar-refractivity contribution in [3.8, 4) is 0 Å². The van der Waals surface area contributed by atoms with Crippen LogP contribution in [-0.4, -0.2) is 48.9 Å². The molecule has 6 heteroatoms. The lowest BCUT2D eigenvalue weighted by Crippen LogP contribution is -2.53. The summed E-state index contributed by atoms with van der Waals surface area (Å²) in [4.78, 5) is 28.3. The highest BCUT2D eigenvalue weighted by Crippen LogP contribution is 2.21. The molecule has 6 nitrogen and oxygen atoms in total. The Labute approximate surface area is 159 Å². The average Bonchev–Trinajstić information content (AvgIpc) is 2.68. The summed E-state index contributed by atoms with van der Waals surface area (Å²) in [7, 11) is 0. The number of carbonyl (C=O) groups is 2. The summed E-state index contributed by atoms with van der Waals surface area (Å²) in [5, 5.41) is 2.91. The first kappa shape index (κ1) is 18.9. The third kappa shape index (κ3) is 4.46. The molecule has 1 heterocycles. The maximum absolute atomic E-state index is 12.6. The lowest BCUT2D eigenvalue weighted by Gasteiger charge is -2.39. The van der Waals surface area contributed by atoms with Gasteiger partial charge in [0.15, 0.2) is 0 Å². The van der Waals surface area contributed by atoms with Crippen molar-refractivity contribution >= 4 is 23.2 Å². The van der Waals surface area contributed by atoms with Crippen molar-refractivity contribution in [2.24, 2.45) is 5.73 Å². The van der Waals surface area contributed by atoms with Gasteiger partial charge in [-0.25, -0.2) is 0 Å². The first-order chi connectivity index (χ1) is 13.0. The molecule has 27 heavy (non-hydrogen) atoms. The third-order valence-electron chi connectivity index (χ3n) is 5.13. The molecule has 1 aliphatic heterocycles. The van der Waals surface area contributed by atoms with Crippen molar-refractivity contribution in [3.63, 3.8) is 0 Å². The van der Waals surface area contributed by atoms with Gasteiger partial charge in [0.1, 0.15) is 0 Å². The maximum Gasteiger partial charge on any atom is 0.248 e. The first-order valence-electron chi connectivity index (χ1n) is 9.21. The van der Waals surface area contributed by atoms with Crippen molar-refractivity contribution < 1.29 is 9.59 Å². The van der Waals surface area contributed by atoms with Gasteiger partial charge >= 0.3 is 0 Å². The molecule has 2 aromatic rings. The second kappa shape index (κ2) is 8.22. The van der Waals surface area contributed by atoms with Crippen LogP contribution in [0.2, 0.25) is 0 Å². The number of nitrogens with one attached hydrogen (secondary N) is 1. The minimum atomic E-state index is -0.479. The molecule has 3 rings (SSSR count). The van der Waals surface area contributed by atoms with E-state index in [1.165, 1.54) is 11.3 Å². The Morgan fingerprint density at radius 3 is 2.22 bits per heavy atom. The van der Waals surface area contributed by atoms with E-state index in [1.54, 1.807) is 24.3 Å². The van der Waals surface area contributed by atoms with Crippen LogP contribution in [-0.2, 0) is 4.79 Å². The van der Waals surface area contributed by atoms with E-state index in [9.17, 15) is 9.59 Å². The maximum atomic E-state index is 12.6. The van der Waals surface area contributed by atoms with Gasteiger partial charge in [0.05, 0.1) is 6.04 Å². The summed E-state index contributed by atoms with van der Waals surface area (Å²) in [5.41, 5.74) is 8.86. The van der Waals surface area contributed by atoms with Gasteiger partial charge in [-0.2, -0.15) is 0 Å². The molecule has 0 bridgehead atoms. The number of para-hydroxylation sites is 1. The molecule has 1 saturated heterocycles. The van der Waals surface area contributed by atoms with Crippen LogP contribution in [0.3, 0.4) is 0 Å². The molecule has 0 unspecified atom stereocenters. The molecule has 1 aliphatic rings. The van der Waals surface area contributed by atoms with Crippen LogP contribution in [0.4, 0.5) is 11.4 Å². The molecule has 2 amide bonds. The highest BCUT2D eigenvalue weighted by Gasteiger charge is 2.26. The number of piperazine rings is 1.